The molecule has 1 aromatic rings. The average Bonchev–Trinajstić information content (AvgIpc) is 2.07. The van der Waals surface area contributed by atoms with Crippen molar-refractivity contribution in [2.24, 2.45) is 0 Å². The molecule has 0 aromatic heterocycles. The molecule has 7 heteroatoms. The van der Waals surface area contributed by atoms with Crippen LogP contribution in [0.3, 0.4) is 0 Å². The normalized spacial score (nSPS) is 12.0. The number of rotatable bonds is 2. The minimum Gasteiger partial charge on any atom is -0.433 e. The van der Waals surface area contributed by atoms with Gasteiger partial charge in [0, 0.05) is 0 Å². The molecule has 1 aromatic carbocycles. The molecule has 0 heterocycles. The van der Waals surface area contributed by atoms with E-state index in [1.807, 2.05) is 0 Å². The zero-order valence-electron chi connectivity index (χ0n) is 7.91. The fraction of sp³-hybridized carbons (Fsp3) is 0.333. The Hall–Kier alpha value is -1.04. The Morgan fingerprint density at radius 3 is 2.25 bits per heavy atom. The highest BCUT2D eigenvalue weighted by atomic mass is 35.5. The molecule has 0 aliphatic heterocycles. The van der Waals surface area contributed by atoms with Gasteiger partial charge in [0.15, 0.2) is 0 Å². The third-order valence-corrected chi connectivity index (χ3v) is 2.19. The van der Waals surface area contributed by atoms with Gasteiger partial charge < -0.3 is 4.74 Å². The van der Waals surface area contributed by atoms with E-state index in [-0.39, 0.29) is 5.56 Å². The third kappa shape index (κ3) is 2.75. The second-order valence-electron chi connectivity index (χ2n) is 2.95. The van der Waals surface area contributed by atoms with Crippen LogP contribution < -0.4 is 4.74 Å². The van der Waals surface area contributed by atoms with Crippen molar-refractivity contribution in [3.8, 4) is 5.75 Å². The zero-order chi connectivity index (χ0) is 12.5. The lowest BCUT2D eigenvalue weighted by Crippen LogP contribution is -2.11. The number of hydrogen-bond donors (Lipinski definition) is 0. The highest BCUT2D eigenvalue weighted by molar-refractivity contribution is 6.33. The van der Waals surface area contributed by atoms with E-state index in [0.717, 1.165) is 12.1 Å². The predicted octanol–water partition coefficient (Wildman–Crippen LogP) is 4.27. The number of ether oxygens (including phenoxy) is 1. The van der Waals surface area contributed by atoms with Crippen molar-refractivity contribution in [1.82, 2.24) is 0 Å². The molecule has 0 spiro atoms. The fourth-order valence-corrected chi connectivity index (χ4v) is 1.55. The van der Waals surface area contributed by atoms with E-state index in [0.29, 0.717) is 0 Å². The molecule has 0 aliphatic carbocycles. The van der Waals surface area contributed by atoms with Gasteiger partial charge in [0.25, 0.3) is 0 Å². The van der Waals surface area contributed by atoms with Gasteiger partial charge in [0.1, 0.15) is 5.75 Å². The summed E-state index contributed by atoms with van der Waals surface area (Å²) in [6.45, 7) is -2.04. The highest BCUT2D eigenvalue weighted by Crippen LogP contribution is 2.41. The smallest absolute Gasteiger partial charge is 0.418 e. The van der Waals surface area contributed by atoms with Gasteiger partial charge in [-0.25, -0.2) is 0 Å². The Bertz CT molecular complexity index is 388. The van der Waals surface area contributed by atoms with Gasteiger partial charge in [-0.05, 0) is 18.6 Å². The molecule has 0 atom stereocenters. The summed E-state index contributed by atoms with van der Waals surface area (Å²) in [5.41, 5.74) is -1.31. The van der Waals surface area contributed by atoms with E-state index in [9.17, 15) is 22.0 Å². The van der Waals surface area contributed by atoms with Crippen LogP contribution in [0.2, 0.25) is 5.02 Å². The van der Waals surface area contributed by atoms with E-state index in [1.54, 1.807) is 0 Å². The van der Waals surface area contributed by atoms with Gasteiger partial charge in [0.2, 0.25) is 0 Å². The SMILES string of the molecule is Cc1ccc(OC(F)F)c(Cl)c1C(F)(F)F. The van der Waals surface area contributed by atoms with Crippen LogP contribution in [0.25, 0.3) is 0 Å². The molecule has 0 N–H and O–H groups in total. The van der Waals surface area contributed by atoms with Crippen LogP contribution in [-0.4, -0.2) is 6.61 Å². The van der Waals surface area contributed by atoms with Crippen LogP contribution in [0.5, 0.6) is 5.75 Å². The van der Waals surface area contributed by atoms with Crippen molar-refractivity contribution >= 4 is 11.6 Å². The van der Waals surface area contributed by atoms with Crippen molar-refractivity contribution in [1.29, 1.82) is 0 Å². The Morgan fingerprint density at radius 1 is 1.25 bits per heavy atom. The lowest BCUT2D eigenvalue weighted by atomic mass is 10.1. The van der Waals surface area contributed by atoms with Crippen molar-refractivity contribution in [3.05, 3.63) is 28.3 Å². The summed E-state index contributed by atoms with van der Waals surface area (Å²) in [4.78, 5) is 0. The zero-order valence-corrected chi connectivity index (χ0v) is 8.66. The minimum absolute atomic E-state index is 0.154. The van der Waals surface area contributed by atoms with E-state index >= 15 is 0 Å². The topological polar surface area (TPSA) is 9.23 Å². The predicted molar refractivity (Wildman–Crippen MR) is 47.8 cm³/mol. The highest BCUT2D eigenvalue weighted by Gasteiger charge is 2.36. The van der Waals surface area contributed by atoms with Gasteiger partial charge in [0.05, 0.1) is 10.6 Å². The minimum atomic E-state index is -4.71. The van der Waals surface area contributed by atoms with Crippen LogP contribution in [0.15, 0.2) is 12.1 Å². The van der Waals surface area contributed by atoms with Gasteiger partial charge >= 0.3 is 12.8 Å². The lowest BCUT2D eigenvalue weighted by molar-refractivity contribution is -0.138. The number of hydrogen-bond acceptors (Lipinski definition) is 1. The van der Waals surface area contributed by atoms with Crippen LogP contribution >= 0.6 is 11.6 Å². The Labute approximate surface area is 92.8 Å². The number of aryl methyl sites for hydroxylation is 1. The molecule has 0 radical (unpaired) electrons. The molecule has 0 saturated carbocycles. The molecular formula is C9H6ClF5O. The van der Waals surface area contributed by atoms with Crippen LogP contribution in [-0.2, 0) is 6.18 Å². The second kappa shape index (κ2) is 4.45. The maximum absolute atomic E-state index is 12.5. The molecule has 16 heavy (non-hydrogen) atoms. The van der Waals surface area contributed by atoms with Gasteiger partial charge in [-0.3, -0.25) is 0 Å². The summed E-state index contributed by atoms with van der Waals surface area (Å²) in [5, 5.41) is -0.854. The van der Waals surface area contributed by atoms with Gasteiger partial charge in [-0.1, -0.05) is 17.7 Å². The first-order chi connectivity index (χ1) is 7.23. The van der Waals surface area contributed by atoms with Crippen molar-refractivity contribution in [2.75, 3.05) is 0 Å². The standard InChI is InChI=1S/C9H6ClF5O/c1-4-2-3-5(16-8(11)12)7(10)6(4)9(13,14)15/h2-3,8H,1H3. The number of benzene rings is 1. The quantitative estimate of drug-likeness (QED) is 0.722. The monoisotopic (exact) mass is 260 g/mol. The van der Waals surface area contributed by atoms with E-state index in [4.69, 9.17) is 11.6 Å². The Morgan fingerprint density at radius 2 is 1.81 bits per heavy atom. The molecule has 1 rings (SSSR count). The third-order valence-electron chi connectivity index (χ3n) is 1.81. The second-order valence-corrected chi connectivity index (χ2v) is 3.32. The molecule has 1 nitrogen and oxygen atoms in total. The molecule has 0 saturated heterocycles. The van der Waals surface area contributed by atoms with E-state index < -0.39 is 29.1 Å². The molecular weight excluding hydrogens is 255 g/mol. The Kier molecular flexibility index (Phi) is 3.62. The lowest BCUT2D eigenvalue weighted by Gasteiger charge is -2.15. The number of halogens is 6. The molecule has 0 aliphatic rings. The summed E-state index contributed by atoms with van der Waals surface area (Å²) < 4.78 is 65.1. The van der Waals surface area contributed by atoms with Crippen LogP contribution in [0.4, 0.5) is 22.0 Å². The first-order valence-electron chi connectivity index (χ1n) is 4.04. The molecule has 0 bridgehead atoms. The first kappa shape index (κ1) is 13.0. The van der Waals surface area contributed by atoms with Gasteiger partial charge in [-0.15, -0.1) is 0 Å². The van der Waals surface area contributed by atoms with E-state index in [1.165, 1.54) is 6.92 Å². The van der Waals surface area contributed by atoms with Crippen molar-refractivity contribution in [3.63, 3.8) is 0 Å². The van der Waals surface area contributed by atoms with E-state index in [2.05, 4.69) is 4.74 Å². The summed E-state index contributed by atoms with van der Waals surface area (Å²) in [6.07, 6.45) is -4.71. The molecule has 0 fully saturated rings. The van der Waals surface area contributed by atoms with Crippen LogP contribution in [0, 0.1) is 6.92 Å². The maximum atomic E-state index is 12.5. The molecule has 0 unspecified atom stereocenters. The molecule has 0 amide bonds. The summed E-state index contributed by atoms with van der Waals surface area (Å²) in [6, 6.07) is 1.99. The van der Waals surface area contributed by atoms with Crippen LogP contribution in [0.1, 0.15) is 11.1 Å². The maximum Gasteiger partial charge on any atom is 0.418 e. The molecule has 90 valence electrons. The number of alkyl halides is 5. The van der Waals surface area contributed by atoms with Crippen molar-refractivity contribution < 1.29 is 26.7 Å². The largest absolute Gasteiger partial charge is 0.433 e. The summed E-state index contributed by atoms with van der Waals surface area (Å²) in [5.74, 6) is -0.686. The summed E-state index contributed by atoms with van der Waals surface area (Å²) in [7, 11) is 0. The fourth-order valence-electron chi connectivity index (χ4n) is 1.19. The summed E-state index contributed by atoms with van der Waals surface area (Å²) >= 11 is 5.36. The van der Waals surface area contributed by atoms with Gasteiger partial charge in [-0.2, -0.15) is 22.0 Å². The van der Waals surface area contributed by atoms with Crippen molar-refractivity contribution in [2.45, 2.75) is 19.7 Å². The first-order valence-corrected chi connectivity index (χ1v) is 4.42. The Balaban J connectivity index is 3.28. The average molecular weight is 261 g/mol.